The number of ether oxygens (including phenoxy) is 1. The molecule has 0 saturated carbocycles. The lowest BCUT2D eigenvalue weighted by Crippen LogP contribution is -2.24. The lowest BCUT2D eigenvalue weighted by Gasteiger charge is -2.16. The first-order valence-electron chi connectivity index (χ1n) is 13.0. The lowest BCUT2D eigenvalue weighted by atomic mass is 10.1. The van der Waals surface area contributed by atoms with E-state index in [1.807, 2.05) is 0 Å². The van der Waals surface area contributed by atoms with Gasteiger partial charge in [0, 0.05) is 6.42 Å². The molecular weight excluding hydrogens is 487 g/mol. The summed E-state index contributed by atoms with van der Waals surface area (Å²) in [5.74, 6) is -0.442. The summed E-state index contributed by atoms with van der Waals surface area (Å²) in [4.78, 5) is 21.1. The zero-order valence-corrected chi connectivity index (χ0v) is 22.6. The number of aliphatic hydroxyl groups excluding tert-OH is 3. The van der Waals surface area contributed by atoms with Crippen LogP contribution in [0.2, 0.25) is 0 Å². The second-order valence-electron chi connectivity index (χ2n) is 8.54. The largest absolute Gasteiger partial charge is 0.472 e. The van der Waals surface area contributed by atoms with E-state index in [2.05, 4.69) is 52.4 Å². The first-order chi connectivity index (χ1) is 17.3. The van der Waals surface area contributed by atoms with Gasteiger partial charge in [0.2, 0.25) is 0 Å². The van der Waals surface area contributed by atoms with E-state index in [0.717, 1.165) is 44.9 Å². The fourth-order valence-corrected chi connectivity index (χ4v) is 3.80. The van der Waals surface area contributed by atoms with Gasteiger partial charge in [0.05, 0.1) is 19.8 Å². The maximum Gasteiger partial charge on any atom is 0.472 e. The molecule has 0 aromatic carbocycles. The van der Waals surface area contributed by atoms with Crippen LogP contribution in [0, 0.1) is 0 Å². The Kier molecular flexibility index (Phi) is 23.2. The van der Waals surface area contributed by atoms with Crippen LogP contribution in [-0.2, 0) is 23.1 Å². The van der Waals surface area contributed by atoms with Gasteiger partial charge in [0.15, 0.2) is 0 Å². The van der Waals surface area contributed by atoms with Crippen molar-refractivity contribution in [1.29, 1.82) is 0 Å². The number of allylic oxidation sites excluding steroid dienone is 6. The Bertz CT molecular complexity index is 664. The fraction of sp³-hybridized carbons (Fsp3) is 0.731. The molecule has 0 heterocycles. The summed E-state index contributed by atoms with van der Waals surface area (Å²) in [5, 5.41) is 27.4. The van der Waals surface area contributed by atoms with E-state index in [1.54, 1.807) is 0 Å². The van der Waals surface area contributed by atoms with Crippen LogP contribution in [0.25, 0.3) is 0 Å². The molecule has 0 aliphatic heterocycles. The third kappa shape index (κ3) is 24.4. The summed E-state index contributed by atoms with van der Waals surface area (Å²) in [6.45, 7) is -0.0367. The van der Waals surface area contributed by atoms with Crippen molar-refractivity contribution >= 4 is 13.8 Å². The molecule has 3 unspecified atom stereocenters. The third-order valence-electron chi connectivity index (χ3n) is 5.04. The van der Waals surface area contributed by atoms with Crippen molar-refractivity contribution in [1.82, 2.24) is 0 Å². The van der Waals surface area contributed by atoms with Gasteiger partial charge < -0.3 is 24.9 Å². The molecule has 0 amide bonds. The van der Waals surface area contributed by atoms with Crippen LogP contribution in [0.4, 0.5) is 0 Å². The first kappa shape index (κ1) is 34.7. The Morgan fingerprint density at radius 2 is 1.31 bits per heavy atom. The average Bonchev–Trinajstić information content (AvgIpc) is 2.86. The van der Waals surface area contributed by atoms with Gasteiger partial charge in [-0.25, -0.2) is 4.57 Å². The highest BCUT2D eigenvalue weighted by atomic mass is 31.2. The van der Waals surface area contributed by atoms with E-state index in [1.165, 1.54) is 19.3 Å². The molecule has 9 nitrogen and oxygen atoms in total. The minimum atomic E-state index is -4.49. The summed E-state index contributed by atoms with van der Waals surface area (Å²) < 4.78 is 25.5. The molecule has 0 saturated heterocycles. The molecular formula is C26H47O9P. The van der Waals surface area contributed by atoms with Gasteiger partial charge in [-0.15, -0.1) is 0 Å². The summed E-state index contributed by atoms with van der Waals surface area (Å²) in [7, 11) is -4.49. The summed E-state index contributed by atoms with van der Waals surface area (Å²) in [6.07, 6.45) is 22.5. The number of esters is 1. The number of rotatable bonds is 24. The fourth-order valence-electron chi connectivity index (χ4n) is 3.00. The quantitative estimate of drug-likeness (QED) is 0.0597. The third-order valence-corrected chi connectivity index (χ3v) is 5.99. The van der Waals surface area contributed by atoms with E-state index in [0.29, 0.717) is 6.42 Å². The Morgan fingerprint density at radius 1 is 0.778 bits per heavy atom. The van der Waals surface area contributed by atoms with E-state index in [9.17, 15) is 19.4 Å². The van der Waals surface area contributed by atoms with Gasteiger partial charge in [-0.2, -0.15) is 0 Å². The van der Waals surface area contributed by atoms with Crippen LogP contribution in [0.1, 0.15) is 84.0 Å². The Balaban J connectivity index is 3.58. The molecule has 0 fully saturated rings. The van der Waals surface area contributed by atoms with Crippen LogP contribution in [-0.4, -0.2) is 64.8 Å². The van der Waals surface area contributed by atoms with Gasteiger partial charge in [-0.1, -0.05) is 75.5 Å². The Morgan fingerprint density at radius 3 is 1.92 bits per heavy atom. The number of hydrogen-bond donors (Lipinski definition) is 4. The zero-order valence-electron chi connectivity index (χ0n) is 21.7. The molecule has 0 aliphatic carbocycles. The highest BCUT2D eigenvalue weighted by Gasteiger charge is 2.24. The van der Waals surface area contributed by atoms with Crippen molar-refractivity contribution in [3.8, 4) is 0 Å². The first-order valence-corrected chi connectivity index (χ1v) is 14.5. The van der Waals surface area contributed by atoms with Crippen molar-refractivity contribution in [2.45, 2.75) is 96.2 Å². The highest BCUT2D eigenvalue weighted by Crippen LogP contribution is 2.43. The molecule has 210 valence electrons. The second kappa shape index (κ2) is 24.0. The van der Waals surface area contributed by atoms with Crippen molar-refractivity contribution in [2.24, 2.45) is 0 Å². The predicted octanol–water partition coefficient (Wildman–Crippen LogP) is 4.75. The molecule has 0 radical (unpaired) electrons. The van der Waals surface area contributed by atoms with Crippen LogP contribution in [0.5, 0.6) is 0 Å². The molecule has 0 rings (SSSR count). The minimum absolute atomic E-state index is 0.252. The Labute approximate surface area is 216 Å². The SMILES string of the molecule is CC/C=C\C/C=C\C/C=C\CCCCCCCCCC(=O)OCC(O)COP(=O)(O)OCC(O)CO. The summed E-state index contributed by atoms with van der Waals surface area (Å²) in [6, 6.07) is 0. The van der Waals surface area contributed by atoms with E-state index in [4.69, 9.17) is 14.9 Å². The van der Waals surface area contributed by atoms with Gasteiger partial charge in [0.1, 0.15) is 18.8 Å². The number of carbonyl (C=O) groups excluding carboxylic acids is 1. The molecule has 0 aromatic rings. The van der Waals surface area contributed by atoms with Gasteiger partial charge in [-0.3, -0.25) is 13.8 Å². The van der Waals surface area contributed by atoms with Crippen LogP contribution in [0.15, 0.2) is 36.5 Å². The van der Waals surface area contributed by atoms with Crippen molar-refractivity contribution in [3.05, 3.63) is 36.5 Å². The predicted molar refractivity (Wildman–Crippen MR) is 140 cm³/mol. The number of aliphatic hydroxyl groups is 3. The van der Waals surface area contributed by atoms with Gasteiger partial charge >= 0.3 is 13.8 Å². The maximum absolute atomic E-state index is 11.8. The van der Waals surface area contributed by atoms with Crippen molar-refractivity contribution in [3.63, 3.8) is 0 Å². The summed E-state index contributed by atoms with van der Waals surface area (Å²) in [5.41, 5.74) is 0. The van der Waals surface area contributed by atoms with Gasteiger partial charge in [-0.05, 0) is 38.5 Å². The molecule has 0 spiro atoms. The standard InChI is InChI=1S/C26H47O9P/c1-2-3-4-5-6-7-8-9-10-11-12-13-14-15-16-17-18-19-26(30)33-21-25(29)23-35-36(31,32)34-22-24(28)20-27/h3-4,6-7,9-10,24-25,27-29H,2,5,8,11-23H2,1H3,(H,31,32)/b4-3-,7-6-,10-9-. The molecule has 0 aliphatic rings. The van der Waals surface area contributed by atoms with Crippen molar-refractivity contribution in [2.75, 3.05) is 26.4 Å². The van der Waals surface area contributed by atoms with Crippen molar-refractivity contribution < 1.29 is 43.4 Å². The number of phosphoric acid groups is 1. The normalized spacial score (nSPS) is 15.6. The van der Waals surface area contributed by atoms with E-state index in [-0.39, 0.29) is 13.0 Å². The topological polar surface area (TPSA) is 143 Å². The van der Waals surface area contributed by atoms with Crippen LogP contribution < -0.4 is 0 Å². The number of hydrogen-bond acceptors (Lipinski definition) is 8. The number of unbranched alkanes of at least 4 members (excludes halogenated alkanes) is 7. The molecule has 36 heavy (non-hydrogen) atoms. The second-order valence-corrected chi connectivity index (χ2v) is 9.99. The van der Waals surface area contributed by atoms with Crippen LogP contribution in [0.3, 0.4) is 0 Å². The zero-order chi connectivity index (χ0) is 26.9. The molecule has 0 aromatic heterocycles. The number of phosphoric ester groups is 1. The summed E-state index contributed by atoms with van der Waals surface area (Å²) >= 11 is 0. The van der Waals surface area contributed by atoms with E-state index >= 15 is 0 Å². The van der Waals surface area contributed by atoms with E-state index < -0.39 is 45.8 Å². The molecule has 3 atom stereocenters. The minimum Gasteiger partial charge on any atom is -0.463 e. The van der Waals surface area contributed by atoms with Crippen LogP contribution >= 0.6 is 7.82 Å². The molecule has 4 N–H and O–H groups in total. The highest BCUT2D eigenvalue weighted by molar-refractivity contribution is 7.47. The maximum atomic E-state index is 11.8. The van der Waals surface area contributed by atoms with Gasteiger partial charge in [0.25, 0.3) is 0 Å². The molecule has 10 heteroatoms. The monoisotopic (exact) mass is 534 g/mol. The Hall–Kier alpha value is -1.32. The lowest BCUT2D eigenvalue weighted by molar-refractivity contribution is -0.147. The average molecular weight is 535 g/mol. The smallest absolute Gasteiger partial charge is 0.463 e. The number of carbonyl (C=O) groups is 1. The molecule has 0 bridgehead atoms.